The minimum atomic E-state index is -3.71. The van der Waals surface area contributed by atoms with Gasteiger partial charge < -0.3 is 0 Å². The molecule has 0 amide bonds. The first kappa shape index (κ1) is 15.6. The predicted molar refractivity (Wildman–Crippen MR) is 84.7 cm³/mol. The van der Waals surface area contributed by atoms with Gasteiger partial charge in [-0.05, 0) is 17.7 Å². The molecule has 0 bridgehead atoms. The largest absolute Gasteiger partial charge is 0.292 e. The summed E-state index contributed by atoms with van der Waals surface area (Å²) >= 11 is 1.30. The van der Waals surface area contributed by atoms with Gasteiger partial charge in [-0.2, -0.15) is 12.7 Å². The number of hydrogen-bond acceptors (Lipinski definition) is 5. The maximum Gasteiger partial charge on any atom is 0.292 e. The van der Waals surface area contributed by atoms with Gasteiger partial charge in [-0.25, -0.2) is 5.48 Å². The molecule has 0 saturated heterocycles. The first-order valence-corrected chi connectivity index (χ1v) is 8.57. The molecule has 0 unspecified atom stereocenters. The average molecular weight is 321 g/mol. The van der Waals surface area contributed by atoms with Gasteiger partial charge in [0.15, 0.2) is 0 Å². The van der Waals surface area contributed by atoms with Crippen molar-refractivity contribution in [3.63, 3.8) is 0 Å². The van der Waals surface area contributed by atoms with Crippen LogP contribution in [0.4, 0.5) is 0 Å². The lowest BCUT2D eigenvalue weighted by atomic mass is 10.2. The predicted octanol–water partition coefficient (Wildman–Crippen LogP) is 3.30. The van der Waals surface area contributed by atoms with Gasteiger partial charge in [0, 0.05) is 4.90 Å². The molecule has 0 aliphatic rings. The second kappa shape index (κ2) is 7.31. The average Bonchev–Trinajstić information content (AvgIpc) is 2.47. The van der Waals surface area contributed by atoms with Crippen LogP contribution in [0.3, 0.4) is 0 Å². The van der Waals surface area contributed by atoms with Gasteiger partial charge in [-0.1, -0.05) is 66.9 Å². The van der Waals surface area contributed by atoms with Crippen LogP contribution in [0.15, 0.2) is 77.2 Å². The first-order chi connectivity index (χ1) is 10.1. The molecule has 2 aromatic rings. The summed E-state index contributed by atoms with van der Waals surface area (Å²) in [7, 11) is -3.71. The van der Waals surface area contributed by atoms with Crippen molar-refractivity contribution in [2.24, 2.45) is 0 Å². The molecule has 4 nitrogen and oxygen atoms in total. The van der Waals surface area contributed by atoms with Crippen molar-refractivity contribution in [2.45, 2.75) is 10.6 Å². The van der Waals surface area contributed by atoms with Crippen molar-refractivity contribution in [3.05, 3.63) is 77.8 Å². The highest BCUT2D eigenvalue weighted by molar-refractivity contribution is 8.03. The Bertz CT molecular complexity index is 685. The number of thioether (sulfide) groups is 1. The third-order valence-corrected chi connectivity index (χ3v) is 4.31. The van der Waals surface area contributed by atoms with Gasteiger partial charge in [0.05, 0.1) is 5.03 Å². The summed E-state index contributed by atoms with van der Waals surface area (Å²) in [5.41, 5.74) is 3.04. The molecule has 110 valence electrons. The highest BCUT2D eigenvalue weighted by Crippen LogP contribution is 2.23. The van der Waals surface area contributed by atoms with Crippen LogP contribution in [0.25, 0.3) is 0 Å². The van der Waals surface area contributed by atoms with E-state index in [2.05, 4.69) is 12.1 Å². The zero-order valence-electron chi connectivity index (χ0n) is 11.2. The summed E-state index contributed by atoms with van der Waals surface area (Å²) in [5.74, 6) is -0.190. The Morgan fingerprint density at radius 3 is 2.24 bits per heavy atom. The topological polar surface area (TPSA) is 55.4 Å². The fourth-order valence-electron chi connectivity index (χ4n) is 1.57. The van der Waals surface area contributed by atoms with Gasteiger partial charge in [0.2, 0.25) is 0 Å². The molecule has 0 saturated carbocycles. The van der Waals surface area contributed by atoms with Crippen molar-refractivity contribution in [1.82, 2.24) is 5.48 Å². The fraction of sp³-hybridized carbons (Fsp3) is 0.0667. The molecular weight excluding hydrogens is 306 g/mol. The van der Waals surface area contributed by atoms with E-state index < -0.39 is 10.1 Å². The molecule has 6 heteroatoms. The minimum Gasteiger partial charge on any atom is -0.243 e. The lowest BCUT2D eigenvalue weighted by Crippen LogP contribution is -2.19. The van der Waals surface area contributed by atoms with Crippen LogP contribution in [0, 0.1) is 0 Å². The Kier molecular flexibility index (Phi) is 5.44. The second-order valence-corrected chi connectivity index (χ2v) is 6.95. The Hall–Kier alpha value is -1.76. The normalized spacial score (nSPS) is 11.0. The van der Waals surface area contributed by atoms with Gasteiger partial charge in [0.1, 0.15) is 5.75 Å². The van der Waals surface area contributed by atoms with Crippen LogP contribution in [0.2, 0.25) is 0 Å². The maximum absolute atomic E-state index is 11.8. The molecule has 0 aliphatic carbocycles. The SMILES string of the molecule is C=C(NOS(=O)(=O)Cc1ccccc1)Sc1ccccc1. The molecule has 21 heavy (non-hydrogen) atoms. The van der Waals surface area contributed by atoms with Crippen molar-refractivity contribution in [1.29, 1.82) is 0 Å². The zero-order chi connectivity index (χ0) is 15.1. The van der Waals surface area contributed by atoms with Crippen molar-refractivity contribution < 1.29 is 12.7 Å². The summed E-state index contributed by atoms with van der Waals surface area (Å²) in [6, 6.07) is 18.3. The van der Waals surface area contributed by atoms with E-state index in [-0.39, 0.29) is 5.75 Å². The second-order valence-electron chi connectivity index (χ2n) is 4.21. The van der Waals surface area contributed by atoms with E-state index in [9.17, 15) is 8.42 Å². The lowest BCUT2D eigenvalue weighted by Gasteiger charge is -2.09. The van der Waals surface area contributed by atoms with Gasteiger partial charge in [-0.15, -0.1) is 0 Å². The molecule has 0 aliphatic heterocycles. The standard InChI is InChI=1S/C15H15NO3S2/c1-13(20-15-10-6-3-7-11-15)16-19-21(17,18)12-14-8-4-2-5-9-14/h2-11,16H,1,12H2. The van der Waals surface area contributed by atoms with E-state index in [1.807, 2.05) is 36.4 Å². The molecule has 0 fully saturated rings. The van der Waals surface area contributed by atoms with Gasteiger partial charge in [0.25, 0.3) is 10.1 Å². The van der Waals surface area contributed by atoms with Crippen molar-refractivity contribution in [2.75, 3.05) is 0 Å². The molecule has 0 aromatic heterocycles. The number of nitrogens with one attached hydrogen (secondary N) is 1. The molecule has 0 radical (unpaired) electrons. The highest BCUT2D eigenvalue weighted by Gasteiger charge is 2.13. The Morgan fingerprint density at radius 1 is 1.05 bits per heavy atom. The minimum absolute atomic E-state index is 0.190. The molecule has 2 aromatic carbocycles. The van der Waals surface area contributed by atoms with Crippen molar-refractivity contribution >= 4 is 21.9 Å². The molecule has 2 rings (SSSR count). The fourth-order valence-corrected chi connectivity index (χ4v) is 3.17. The van der Waals surface area contributed by atoms with Crippen LogP contribution in [0.5, 0.6) is 0 Å². The summed E-state index contributed by atoms with van der Waals surface area (Å²) < 4.78 is 28.4. The number of benzene rings is 2. The summed E-state index contributed by atoms with van der Waals surface area (Å²) in [5, 5.41) is 0.401. The lowest BCUT2D eigenvalue weighted by molar-refractivity contribution is 0.245. The molecule has 0 atom stereocenters. The Labute approximate surface area is 128 Å². The molecule has 0 spiro atoms. The van der Waals surface area contributed by atoms with E-state index in [4.69, 9.17) is 4.28 Å². The van der Waals surface area contributed by atoms with E-state index in [0.29, 0.717) is 10.6 Å². The van der Waals surface area contributed by atoms with E-state index in [1.54, 1.807) is 24.3 Å². The van der Waals surface area contributed by atoms with Crippen LogP contribution in [-0.4, -0.2) is 8.42 Å². The zero-order valence-corrected chi connectivity index (χ0v) is 12.9. The quantitative estimate of drug-likeness (QED) is 0.626. The van der Waals surface area contributed by atoms with Crippen LogP contribution in [0.1, 0.15) is 5.56 Å². The number of hydrogen-bond donors (Lipinski definition) is 1. The van der Waals surface area contributed by atoms with Crippen molar-refractivity contribution in [3.8, 4) is 0 Å². The third kappa shape index (κ3) is 5.63. The Morgan fingerprint density at radius 2 is 1.62 bits per heavy atom. The summed E-state index contributed by atoms with van der Waals surface area (Å²) in [6.07, 6.45) is 0. The van der Waals surface area contributed by atoms with Gasteiger partial charge >= 0.3 is 0 Å². The highest BCUT2D eigenvalue weighted by atomic mass is 32.2. The smallest absolute Gasteiger partial charge is 0.243 e. The van der Waals surface area contributed by atoms with E-state index in [0.717, 1.165) is 4.90 Å². The summed E-state index contributed by atoms with van der Waals surface area (Å²) in [6.45, 7) is 3.72. The van der Waals surface area contributed by atoms with E-state index in [1.165, 1.54) is 11.8 Å². The first-order valence-electron chi connectivity index (χ1n) is 6.18. The van der Waals surface area contributed by atoms with Crippen LogP contribution in [-0.2, 0) is 20.2 Å². The van der Waals surface area contributed by atoms with Gasteiger partial charge in [-0.3, -0.25) is 0 Å². The van der Waals surface area contributed by atoms with E-state index >= 15 is 0 Å². The third-order valence-electron chi connectivity index (χ3n) is 2.45. The molecule has 1 N–H and O–H groups in total. The summed E-state index contributed by atoms with van der Waals surface area (Å²) in [4.78, 5) is 0.944. The maximum atomic E-state index is 11.8. The number of hydroxylamine groups is 1. The van der Waals surface area contributed by atoms with Crippen LogP contribution < -0.4 is 5.48 Å². The molecule has 0 heterocycles. The number of rotatable bonds is 7. The molecular formula is C15H15NO3S2. The Balaban J connectivity index is 1.85. The monoisotopic (exact) mass is 321 g/mol. The van der Waals surface area contributed by atoms with Crippen LogP contribution >= 0.6 is 11.8 Å².